The quantitative estimate of drug-likeness (QED) is 0.876. The molecule has 2 nitrogen and oxygen atoms in total. The third-order valence-corrected chi connectivity index (χ3v) is 4.31. The summed E-state index contributed by atoms with van der Waals surface area (Å²) in [6.07, 6.45) is 5.25. The van der Waals surface area contributed by atoms with Gasteiger partial charge in [0.1, 0.15) is 5.82 Å². The molecule has 2 atom stereocenters. The highest BCUT2D eigenvalue weighted by molar-refractivity contribution is 5.46. The van der Waals surface area contributed by atoms with Crippen LogP contribution >= 0.6 is 0 Å². The minimum Gasteiger partial charge on any atom is -0.371 e. The smallest absolute Gasteiger partial charge is 0.123 e. The second kappa shape index (κ2) is 6.90. The van der Waals surface area contributed by atoms with Crippen molar-refractivity contribution in [2.45, 2.75) is 38.6 Å². The zero-order valence-electron chi connectivity index (χ0n) is 12.0. The van der Waals surface area contributed by atoms with Crippen LogP contribution in [-0.4, -0.2) is 26.2 Å². The molecule has 1 aliphatic carbocycles. The fourth-order valence-corrected chi connectivity index (χ4v) is 3.16. The van der Waals surface area contributed by atoms with Gasteiger partial charge < -0.3 is 10.2 Å². The summed E-state index contributed by atoms with van der Waals surface area (Å²) in [7, 11) is 2.07. The number of rotatable bonds is 5. The molecule has 0 amide bonds. The van der Waals surface area contributed by atoms with Gasteiger partial charge in [-0.2, -0.15) is 0 Å². The Labute approximate surface area is 116 Å². The van der Waals surface area contributed by atoms with E-state index < -0.39 is 0 Å². The predicted octanol–water partition coefficient (Wildman–Crippen LogP) is 3.43. The molecule has 1 N–H and O–H groups in total. The van der Waals surface area contributed by atoms with Gasteiger partial charge in [-0.1, -0.05) is 12.8 Å². The van der Waals surface area contributed by atoms with Gasteiger partial charge in [-0.3, -0.25) is 0 Å². The van der Waals surface area contributed by atoms with E-state index in [9.17, 15) is 4.39 Å². The number of nitrogens with one attached hydrogen (secondary N) is 1. The van der Waals surface area contributed by atoms with Gasteiger partial charge in [0.15, 0.2) is 0 Å². The highest BCUT2D eigenvalue weighted by atomic mass is 19.1. The van der Waals surface area contributed by atoms with Gasteiger partial charge >= 0.3 is 0 Å². The van der Waals surface area contributed by atoms with Crippen molar-refractivity contribution in [3.8, 4) is 0 Å². The van der Waals surface area contributed by atoms with Gasteiger partial charge in [0, 0.05) is 24.8 Å². The average molecular weight is 264 g/mol. The van der Waals surface area contributed by atoms with E-state index in [1.54, 1.807) is 12.1 Å². The van der Waals surface area contributed by atoms with Crippen molar-refractivity contribution in [1.82, 2.24) is 5.32 Å². The molecule has 1 aromatic rings. The summed E-state index contributed by atoms with van der Waals surface area (Å²) in [5, 5.41) is 3.46. The van der Waals surface area contributed by atoms with Gasteiger partial charge in [-0.15, -0.1) is 0 Å². The van der Waals surface area contributed by atoms with Crippen molar-refractivity contribution in [1.29, 1.82) is 0 Å². The lowest BCUT2D eigenvalue weighted by molar-refractivity contribution is 0.276. The van der Waals surface area contributed by atoms with Crippen LogP contribution in [0.1, 0.15) is 32.6 Å². The normalized spacial score (nSPS) is 23.3. The van der Waals surface area contributed by atoms with Crippen LogP contribution in [0.2, 0.25) is 0 Å². The highest BCUT2D eigenvalue weighted by Gasteiger charge is 2.25. The maximum absolute atomic E-state index is 13.0. The minimum absolute atomic E-state index is 0.162. The van der Waals surface area contributed by atoms with Gasteiger partial charge in [0.25, 0.3) is 0 Å². The van der Waals surface area contributed by atoms with Crippen molar-refractivity contribution >= 4 is 5.69 Å². The summed E-state index contributed by atoms with van der Waals surface area (Å²) in [5.74, 6) is 0.536. The number of hydrogen-bond acceptors (Lipinski definition) is 2. The maximum Gasteiger partial charge on any atom is 0.123 e. The van der Waals surface area contributed by atoms with Crippen molar-refractivity contribution in [2.24, 2.45) is 5.92 Å². The van der Waals surface area contributed by atoms with E-state index in [0.717, 1.165) is 18.8 Å². The Morgan fingerprint density at radius 1 is 1.21 bits per heavy atom. The Hall–Kier alpha value is -1.09. The molecule has 1 aromatic carbocycles. The zero-order valence-corrected chi connectivity index (χ0v) is 12.0. The molecular weight excluding hydrogens is 239 g/mol. The Balaban J connectivity index is 2.03. The third-order valence-electron chi connectivity index (χ3n) is 4.31. The van der Waals surface area contributed by atoms with Crippen LogP contribution in [0, 0.1) is 11.7 Å². The van der Waals surface area contributed by atoms with Crippen molar-refractivity contribution in [3.63, 3.8) is 0 Å². The summed E-state index contributed by atoms with van der Waals surface area (Å²) < 4.78 is 13.0. The van der Waals surface area contributed by atoms with Crippen LogP contribution in [-0.2, 0) is 0 Å². The van der Waals surface area contributed by atoms with Crippen LogP contribution in [0.3, 0.4) is 0 Å². The van der Waals surface area contributed by atoms with E-state index in [2.05, 4.69) is 24.2 Å². The lowest BCUT2D eigenvalue weighted by Crippen LogP contribution is -2.43. The van der Waals surface area contributed by atoms with Gasteiger partial charge in [0.2, 0.25) is 0 Å². The minimum atomic E-state index is -0.162. The summed E-state index contributed by atoms with van der Waals surface area (Å²) in [4.78, 5) is 2.36. The van der Waals surface area contributed by atoms with E-state index in [1.807, 2.05) is 12.1 Å². The lowest BCUT2D eigenvalue weighted by atomic mass is 9.84. The molecule has 1 fully saturated rings. The Morgan fingerprint density at radius 3 is 2.53 bits per heavy atom. The fraction of sp³-hybridized carbons (Fsp3) is 0.625. The number of halogens is 1. The van der Waals surface area contributed by atoms with Crippen LogP contribution in [0.25, 0.3) is 0 Å². The first-order valence-electron chi connectivity index (χ1n) is 7.42. The molecule has 1 saturated carbocycles. The third kappa shape index (κ3) is 3.69. The van der Waals surface area contributed by atoms with E-state index in [0.29, 0.717) is 12.0 Å². The summed E-state index contributed by atoms with van der Waals surface area (Å²) in [5.41, 5.74) is 1.13. The van der Waals surface area contributed by atoms with E-state index >= 15 is 0 Å². The molecule has 0 heterocycles. The summed E-state index contributed by atoms with van der Waals surface area (Å²) in [6, 6.07) is 7.50. The second-order valence-corrected chi connectivity index (χ2v) is 5.45. The van der Waals surface area contributed by atoms with Gasteiger partial charge in [-0.05, 0) is 57.0 Å². The molecule has 106 valence electrons. The summed E-state index contributed by atoms with van der Waals surface area (Å²) >= 11 is 0. The standard InChI is InChI=1S/C16H25FN2/c1-3-19(15-10-8-14(17)9-11-15)12-13-6-4-5-7-16(13)18-2/h8-11,13,16,18H,3-7,12H2,1-2H3. The van der Waals surface area contributed by atoms with E-state index in [-0.39, 0.29) is 5.82 Å². The van der Waals surface area contributed by atoms with Gasteiger partial charge in [-0.25, -0.2) is 4.39 Å². The van der Waals surface area contributed by atoms with Crippen LogP contribution < -0.4 is 10.2 Å². The Bertz CT molecular complexity index is 377. The van der Waals surface area contributed by atoms with Crippen LogP contribution in [0.5, 0.6) is 0 Å². The first-order chi connectivity index (χ1) is 9.24. The Morgan fingerprint density at radius 2 is 1.89 bits per heavy atom. The Kier molecular flexibility index (Phi) is 5.20. The monoisotopic (exact) mass is 264 g/mol. The maximum atomic E-state index is 13.0. The van der Waals surface area contributed by atoms with E-state index in [1.165, 1.54) is 25.7 Å². The van der Waals surface area contributed by atoms with Crippen molar-refractivity contribution < 1.29 is 4.39 Å². The lowest BCUT2D eigenvalue weighted by Gasteiger charge is -2.36. The molecule has 3 heteroatoms. The fourth-order valence-electron chi connectivity index (χ4n) is 3.16. The van der Waals surface area contributed by atoms with Crippen molar-refractivity contribution in [2.75, 3.05) is 25.0 Å². The van der Waals surface area contributed by atoms with Gasteiger partial charge in [0.05, 0.1) is 0 Å². The largest absolute Gasteiger partial charge is 0.371 e. The molecule has 0 spiro atoms. The SMILES string of the molecule is CCN(CC1CCCCC1NC)c1ccc(F)cc1. The second-order valence-electron chi connectivity index (χ2n) is 5.45. The zero-order chi connectivity index (χ0) is 13.7. The molecule has 0 aliphatic heterocycles. The highest BCUT2D eigenvalue weighted by Crippen LogP contribution is 2.27. The first kappa shape index (κ1) is 14.3. The molecule has 0 aromatic heterocycles. The molecule has 19 heavy (non-hydrogen) atoms. The molecule has 0 bridgehead atoms. The molecule has 2 unspecified atom stereocenters. The summed E-state index contributed by atoms with van der Waals surface area (Å²) in [6.45, 7) is 4.20. The molecular formula is C16H25FN2. The van der Waals surface area contributed by atoms with E-state index in [4.69, 9.17) is 0 Å². The predicted molar refractivity (Wildman–Crippen MR) is 79.1 cm³/mol. The molecule has 0 saturated heterocycles. The average Bonchev–Trinajstić information content (AvgIpc) is 2.46. The number of hydrogen-bond donors (Lipinski definition) is 1. The molecule has 2 rings (SSSR count). The molecule has 1 aliphatic rings. The number of nitrogens with zero attached hydrogens (tertiary/aromatic N) is 1. The van der Waals surface area contributed by atoms with Crippen LogP contribution in [0.15, 0.2) is 24.3 Å². The van der Waals surface area contributed by atoms with Crippen molar-refractivity contribution in [3.05, 3.63) is 30.1 Å². The molecule has 0 radical (unpaired) electrons. The van der Waals surface area contributed by atoms with Crippen LogP contribution in [0.4, 0.5) is 10.1 Å². The topological polar surface area (TPSA) is 15.3 Å². The number of anilines is 1. The first-order valence-corrected chi connectivity index (χ1v) is 7.42. The number of benzene rings is 1.